The summed E-state index contributed by atoms with van der Waals surface area (Å²) in [4.78, 5) is 0. The van der Waals surface area contributed by atoms with E-state index in [0.717, 1.165) is 12.2 Å². The van der Waals surface area contributed by atoms with E-state index in [1.807, 2.05) is 11.8 Å². The summed E-state index contributed by atoms with van der Waals surface area (Å²) in [5, 5.41) is 0.615. The smallest absolute Gasteiger partial charge is 0.264 e. The molecule has 2 atom stereocenters. The molecular formula is C17H26O3S2. The van der Waals surface area contributed by atoms with Crippen molar-refractivity contribution in [1.29, 1.82) is 0 Å². The Balaban J connectivity index is 1.87. The van der Waals surface area contributed by atoms with E-state index in [-0.39, 0.29) is 5.75 Å². The highest BCUT2D eigenvalue weighted by Gasteiger charge is 2.24. The van der Waals surface area contributed by atoms with Gasteiger partial charge < -0.3 is 0 Å². The van der Waals surface area contributed by atoms with E-state index in [4.69, 9.17) is 4.55 Å². The second-order valence-corrected chi connectivity index (χ2v) is 9.06. The molecule has 0 aliphatic heterocycles. The van der Waals surface area contributed by atoms with Gasteiger partial charge in [0.2, 0.25) is 0 Å². The first-order valence-electron chi connectivity index (χ1n) is 8.15. The zero-order chi connectivity index (χ0) is 15.8. The maximum atomic E-state index is 10.8. The second kappa shape index (κ2) is 8.94. The Bertz CT molecular complexity index is 528. The van der Waals surface area contributed by atoms with Crippen molar-refractivity contribution in [2.75, 3.05) is 11.5 Å². The van der Waals surface area contributed by atoms with Crippen LogP contribution in [0.4, 0.5) is 0 Å². The van der Waals surface area contributed by atoms with Gasteiger partial charge in [0.1, 0.15) is 0 Å². The summed E-state index contributed by atoms with van der Waals surface area (Å²) in [5.41, 5.74) is 1.40. The first kappa shape index (κ1) is 17.8. The molecule has 124 valence electrons. The van der Waals surface area contributed by atoms with Crippen molar-refractivity contribution in [2.45, 2.75) is 50.2 Å². The van der Waals surface area contributed by atoms with Gasteiger partial charge in [-0.05, 0) is 42.9 Å². The van der Waals surface area contributed by atoms with Crippen LogP contribution in [0.3, 0.4) is 0 Å². The van der Waals surface area contributed by atoms with Gasteiger partial charge in [-0.15, -0.1) is 0 Å². The molecule has 0 bridgehead atoms. The van der Waals surface area contributed by atoms with Gasteiger partial charge in [0.05, 0.1) is 5.75 Å². The SMILES string of the molecule is O=S(=O)(O)CCCSC1CCCCCC1Cc1ccccc1. The molecule has 0 saturated heterocycles. The summed E-state index contributed by atoms with van der Waals surface area (Å²) < 4.78 is 30.4. The van der Waals surface area contributed by atoms with E-state index >= 15 is 0 Å². The fourth-order valence-electron chi connectivity index (χ4n) is 3.20. The minimum Gasteiger partial charge on any atom is -0.286 e. The van der Waals surface area contributed by atoms with Crippen molar-refractivity contribution in [3.05, 3.63) is 35.9 Å². The van der Waals surface area contributed by atoms with E-state index < -0.39 is 10.1 Å². The summed E-state index contributed by atoms with van der Waals surface area (Å²) in [6.07, 6.45) is 8.06. The summed E-state index contributed by atoms with van der Waals surface area (Å²) >= 11 is 1.90. The van der Waals surface area contributed by atoms with Crippen LogP contribution < -0.4 is 0 Å². The van der Waals surface area contributed by atoms with Gasteiger partial charge in [-0.3, -0.25) is 4.55 Å². The Kier molecular flexibility index (Phi) is 7.25. The second-order valence-electron chi connectivity index (χ2n) is 6.14. The average Bonchev–Trinajstić information content (AvgIpc) is 2.69. The molecule has 0 aromatic heterocycles. The van der Waals surface area contributed by atoms with Gasteiger partial charge in [0, 0.05) is 5.25 Å². The van der Waals surface area contributed by atoms with Crippen molar-refractivity contribution in [2.24, 2.45) is 5.92 Å². The lowest BCUT2D eigenvalue weighted by Crippen LogP contribution is -2.19. The standard InChI is InChI=1S/C17H26O3S2/c18-22(19,20)13-7-12-21-17-11-6-2-5-10-16(17)14-15-8-3-1-4-9-15/h1,3-4,8-9,16-17H,2,5-7,10-14H2,(H,18,19,20). The Hall–Kier alpha value is -0.520. The van der Waals surface area contributed by atoms with Crippen molar-refractivity contribution >= 4 is 21.9 Å². The zero-order valence-electron chi connectivity index (χ0n) is 13.0. The minimum absolute atomic E-state index is 0.115. The summed E-state index contributed by atoms with van der Waals surface area (Å²) in [7, 11) is -3.81. The molecule has 22 heavy (non-hydrogen) atoms. The van der Waals surface area contributed by atoms with Crippen molar-refractivity contribution in [1.82, 2.24) is 0 Å². The van der Waals surface area contributed by atoms with Gasteiger partial charge >= 0.3 is 0 Å². The molecule has 0 heterocycles. The van der Waals surface area contributed by atoms with E-state index in [1.54, 1.807) is 0 Å². The summed E-state index contributed by atoms with van der Waals surface area (Å²) in [6, 6.07) is 10.6. The lowest BCUT2D eigenvalue weighted by atomic mass is 9.92. The molecule has 5 heteroatoms. The highest BCUT2D eigenvalue weighted by Crippen LogP contribution is 2.34. The highest BCUT2D eigenvalue weighted by molar-refractivity contribution is 7.99. The zero-order valence-corrected chi connectivity index (χ0v) is 14.6. The van der Waals surface area contributed by atoms with Gasteiger partial charge in [-0.2, -0.15) is 20.2 Å². The van der Waals surface area contributed by atoms with Crippen LogP contribution in [0.1, 0.15) is 44.1 Å². The predicted octanol–water partition coefficient (Wildman–Crippen LogP) is 4.19. The van der Waals surface area contributed by atoms with Crippen LogP contribution in [-0.4, -0.2) is 29.7 Å². The molecule has 0 radical (unpaired) electrons. The Morgan fingerprint density at radius 3 is 2.55 bits per heavy atom. The van der Waals surface area contributed by atoms with Crippen molar-refractivity contribution in [3.8, 4) is 0 Å². The van der Waals surface area contributed by atoms with Gasteiger partial charge in [0.15, 0.2) is 0 Å². The van der Waals surface area contributed by atoms with Crippen molar-refractivity contribution < 1.29 is 13.0 Å². The van der Waals surface area contributed by atoms with Crippen LogP contribution in [0.15, 0.2) is 30.3 Å². The number of hydrogen-bond acceptors (Lipinski definition) is 3. The first-order chi connectivity index (χ1) is 10.5. The number of hydrogen-bond donors (Lipinski definition) is 1. The van der Waals surface area contributed by atoms with Crippen LogP contribution in [0, 0.1) is 5.92 Å². The molecule has 0 spiro atoms. The molecule has 1 fully saturated rings. The Morgan fingerprint density at radius 1 is 1.09 bits per heavy atom. The largest absolute Gasteiger partial charge is 0.286 e. The van der Waals surface area contributed by atoms with E-state index in [2.05, 4.69) is 30.3 Å². The molecule has 1 aliphatic carbocycles. The molecule has 1 aromatic carbocycles. The van der Waals surface area contributed by atoms with Crippen molar-refractivity contribution in [3.63, 3.8) is 0 Å². The molecule has 2 rings (SSSR count). The third-order valence-electron chi connectivity index (χ3n) is 4.31. The molecule has 1 aliphatic rings. The van der Waals surface area contributed by atoms with E-state index in [0.29, 0.717) is 17.6 Å². The summed E-state index contributed by atoms with van der Waals surface area (Å²) in [5.74, 6) is 1.38. The lowest BCUT2D eigenvalue weighted by molar-refractivity contribution is 0.470. The quantitative estimate of drug-likeness (QED) is 0.458. The maximum absolute atomic E-state index is 10.8. The van der Waals surface area contributed by atoms with Gasteiger partial charge in [-0.25, -0.2) is 0 Å². The van der Waals surface area contributed by atoms with Crippen LogP contribution in [-0.2, 0) is 16.5 Å². The molecule has 1 saturated carbocycles. The highest BCUT2D eigenvalue weighted by atomic mass is 32.2. The monoisotopic (exact) mass is 342 g/mol. The fourth-order valence-corrected chi connectivity index (χ4v) is 5.34. The predicted molar refractivity (Wildman–Crippen MR) is 94.0 cm³/mol. The fraction of sp³-hybridized carbons (Fsp3) is 0.647. The van der Waals surface area contributed by atoms with Crippen LogP contribution in [0.2, 0.25) is 0 Å². The number of rotatable bonds is 7. The average molecular weight is 343 g/mol. The molecule has 2 unspecified atom stereocenters. The maximum Gasteiger partial charge on any atom is 0.264 e. The number of thioether (sulfide) groups is 1. The number of benzene rings is 1. The normalized spacial score (nSPS) is 23.1. The minimum atomic E-state index is -3.81. The van der Waals surface area contributed by atoms with Gasteiger partial charge in [-0.1, -0.05) is 49.6 Å². The first-order valence-corrected chi connectivity index (χ1v) is 10.8. The third-order valence-corrected chi connectivity index (χ3v) is 6.69. The Morgan fingerprint density at radius 2 is 1.82 bits per heavy atom. The topological polar surface area (TPSA) is 54.4 Å². The summed E-state index contributed by atoms with van der Waals surface area (Å²) in [6.45, 7) is 0. The molecule has 1 N–H and O–H groups in total. The van der Waals surface area contributed by atoms with E-state index in [9.17, 15) is 8.42 Å². The molecular weight excluding hydrogens is 316 g/mol. The van der Waals surface area contributed by atoms with Crippen LogP contribution >= 0.6 is 11.8 Å². The third kappa shape index (κ3) is 6.71. The lowest BCUT2D eigenvalue weighted by Gasteiger charge is -2.25. The molecule has 3 nitrogen and oxygen atoms in total. The van der Waals surface area contributed by atoms with E-state index in [1.165, 1.54) is 37.7 Å². The molecule has 1 aromatic rings. The molecule has 0 amide bonds. The Labute approximate surface area is 138 Å². The van der Waals surface area contributed by atoms with Gasteiger partial charge in [0.25, 0.3) is 10.1 Å². The van der Waals surface area contributed by atoms with Crippen LogP contribution in [0.5, 0.6) is 0 Å². The van der Waals surface area contributed by atoms with Crippen LogP contribution in [0.25, 0.3) is 0 Å².